The van der Waals surface area contributed by atoms with Crippen molar-refractivity contribution >= 4 is 34.7 Å². The molecule has 2 aromatic rings. The Hall–Kier alpha value is -2.92. The first kappa shape index (κ1) is 22.8. The molecule has 3 atom stereocenters. The Labute approximate surface area is 179 Å². The van der Waals surface area contributed by atoms with E-state index in [1.165, 1.54) is 25.3 Å². The van der Waals surface area contributed by atoms with Crippen molar-refractivity contribution in [1.82, 2.24) is 4.98 Å². The van der Waals surface area contributed by atoms with Gasteiger partial charge in [0.1, 0.15) is 23.3 Å². The molecule has 1 amide bonds. The van der Waals surface area contributed by atoms with Crippen molar-refractivity contribution in [3.05, 3.63) is 52.6 Å². The van der Waals surface area contributed by atoms with Crippen LogP contribution in [0.5, 0.6) is 0 Å². The van der Waals surface area contributed by atoms with Crippen molar-refractivity contribution in [2.75, 3.05) is 11.1 Å². The number of halogens is 5. The number of carbonyl (C=O) groups excluding carboxylic acids is 1. The second-order valence-electron chi connectivity index (χ2n) is 7.12. The highest BCUT2D eigenvalue weighted by Gasteiger charge is 2.57. The lowest BCUT2D eigenvalue weighted by atomic mass is 9.84. The molecule has 0 bridgehead atoms. The maximum absolute atomic E-state index is 14.7. The molecule has 1 aromatic carbocycles. The van der Waals surface area contributed by atoms with E-state index in [4.69, 9.17) is 27.8 Å². The fourth-order valence-electron chi connectivity index (χ4n) is 3.25. The number of hydrogen-bond donors (Lipinski definition) is 3. The number of hydrogen-bond acceptors (Lipinski definition) is 6. The fraction of sp³-hybridized carbons (Fsp3) is 0.316. The Morgan fingerprint density at radius 2 is 1.97 bits per heavy atom. The molecule has 7 nitrogen and oxygen atoms in total. The number of alkyl halides is 3. The van der Waals surface area contributed by atoms with Gasteiger partial charge in [0.15, 0.2) is 11.8 Å². The van der Waals surface area contributed by atoms with Gasteiger partial charge in [0, 0.05) is 17.4 Å². The van der Waals surface area contributed by atoms with Crippen LogP contribution < -0.4 is 16.8 Å². The highest BCUT2D eigenvalue weighted by molar-refractivity contribution is 6.30. The van der Waals surface area contributed by atoms with Crippen LogP contribution in [0.3, 0.4) is 0 Å². The quantitative estimate of drug-likeness (QED) is 0.606. The Balaban J connectivity index is 2.02. The molecule has 3 rings (SSSR count). The number of aromatic nitrogens is 1. The third-order valence-corrected chi connectivity index (χ3v) is 5.00. The van der Waals surface area contributed by atoms with Gasteiger partial charge >= 0.3 is 6.18 Å². The topological polar surface area (TPSA) is 116 Å². The van der Waals surface area contributed by atoms with Gasteiger partial charge in [0.2, 0.25) is 0 Å². The molecule has 12 heteroatoms. The zero-order valence-electron chi connectivity index (χ0n) is 16.3. The molecule has 1 aliphatic heterocycles. The standard InChI is InChI=1S/C19H18ClF4N5O2/c1-8-15(26)29-18(2,17(31-8)19(22,23)24)11-6-10(3-4-12(11)21)28-16(30)14-13(25)5-9(20)7-27-14/h3-8,17H,25H2,1-2H3,(H2,26,29)(H,28,30). The molecule has 3 unspecified atom stereocenters. The molecule has 2 heterocycles. The number of nitrogens with zero attached hydrogens (tertiary/aromatic N) is 2. The summed E-state index contributed by atoms with van der Waals surface area (Å²) in [5.41, 5.74) is 8.56. The van der Waals surface area contributed by atoms with Gasteiger partial charge in [-0.05, 0) is 38.1 Å². The minimum absolute atomic E-state index is 0.00732. The largest absolute Gasteiger partial charge is 0.417 e. The van der Waals surface area contributed by atoms with Gasteiger partial charge in [-0.25, -0.2) is 9.37 Å². The number of benzene rings is 1. The molecule has 31 heavy (non-hydrogen) atoms. The van der Waals surface area contributed by atoms with Crippen molar-refractivity contribution in [2.24, 2.45) is 10.7 Å². The van der Waals surface area contributed by atoms with Crippen molar-refractivity contribution in [2.45, 2.75) is 37.8 Å². The molecule has 0 aliphatic carbocycles. The first-order valence-corrected chi connectivity index (χ1v) is 9.30. The highest BCUT2D eigenvalue weighted by Crippen LogP contribution is 2.44. The van der Waals surface area contributed by atoms with E-state index in [1.54, 1.807) is 0 Å². The molecule has 1 aromatic heterocycles. The average molecular weight is 460 g/mol. The molecule has 0 saturated carbocycles. The predicted octanol–water partition coefficient (Wildman–Crippen LogP) is 3.63. The van der Waals surface area contributed by atoms with Crippen LogP contribution in [-0.2, 0) is 10.3 Å². The van der Waals surface area contributed by atoms with E-state index in [9.17, 15) is 22.4 Å². The van der Waals surface area contributed by atoms with E-state index in [-0.39, 0.29) is 27.9 Å². The second-order valence-corrected chi connectivity index (χ2v) is 7.56. The summed E-state index contributed by atoms with van der Waals surface area (Å²) in [4.78, 5) is 20.2. The Bertz CT molecular complexity index is 1060. The van der Waals surface area contributed by atoms with Gasteiger partial charge in [0.25, 0.3) is 5.91 Å². The molecule has 166 valence electrons. The summed E-state index contributed by atoms with van der Waals surface area (Å²) < 4.78 is 60.8. The number of ether oxygens (including phenoxy) is 1. The van der Waals surface area contributed by atoms with E-state index in [1.807, 2.05) is 0 Å². The maximum atomic E-state index is 14.7. The zero-order chi connectivity index (χ0) is 23.1. The number of nitrogens with one attached hydrogen (secondary N) is 1. The summed E-state index contributed by atoms with van der Waals surface area (Å²) in [6, 6.07) is 4.43. The van der Waals surface area contributed by atoms with E-state index >= 15 is 0 Å². The number of amidine groups is 1. The number of rotatable bonds is 3. The fourth-order valence-corrected chi connectivity index (χ4v) is 3.41. The number of anilines is 2. The van der Waals surface area contributed by atoms with Crippen molar-refractivity contribution in [3.63, 3.8) is 0 Å². The lowest BCUT2D eigenvalue weighted by molar-refractivity contribution is -0.248. The molecule has 1 aliphatic rings. The van der Waals surface area contributed by atoms with Crippen molar-refractivity contribution in [1.29, 1.82) is 0 Å². The van der Waals surface area contributed by atoms with Crippen molar-refractivity contribution in [3.8, 4) is 0 Å². The van der Waals surface area contributed by atoms with Crippen LogP contribution in [-0.4, -0.2) is 35.1 Å². The van der Waals surface area contributed by atoms with E-state index in [2.05, 4.69) is 15.3 Å². The Kier molecular flexibility index (Phi) is 5.85. The smallest absolute Gasteiger partial charge is 0.397 e. The van der Waals surface area contributed by atoms with Crippen LogP contribution in [0.4, 0.5) is 28.9 Å². The molecular formula is C19H18ClF4N5O2. The summed E-state index contributed by atoms with van der Waals surface area (Å²) >= 11 is 5.75. The van der Waals surface area contributed by atoms with Gasteiger partial charge in [-0.1, -0.05) is 11.6 Å². The first-order chi connectivity index (χ1) is 14.3. The molecule has 5 N–H and O–H groups in total. The molecule has 0 spiro atoms. The van der Waals surface area contributed by atoms with Gasteiger partial charge in [-0.2, -0.15) is 13.2 Å². The number of nitrogens with two attached hydrogens (primary N) is 2. The van der Waals surface area contributed by atoms with E-state index in [0.717, 1.165) is 19.1 Å². The lowest BCUT2D eigenvalue weighted by Gasteiger charge is -2.41. The monoisotopic (exact) mass is 459 g/mol. The Morgan fingerprint density at radius 3 is 2.58 bits per heavy atom. The predicted molar refractivity (Wildman–Crippen MR) is 107 cm³/mol. The van der Waals surface area contributed by atoms with E-state index < -0.39 is 41.2 Å². The normalized spacial score (nSPS) is 23.9. The second kappa shape index (κ2) is 7.97. The van der Waals surface area contributed by atoms with Gasteiger partial charge < -0.3 is 21.5 Å². The van der Waals surface area contributed by atoms with Crippen LogP contribution in [0.2, 0.25) is 5.02 Å². The minimum Gasteiger partial charge on any atom is -0.397 e. The van der Waals surface area contributed by atoms with Crippen LogP contribution in [0.15, 0.2) is 35.5 Å². The van der Waals surface area contributed by atoms with Crippen LogP contribution in [0.1, 0.15) is 29.9 Å². The lowest BCUT2D eigenvalue weighted by Crippen LogP contribution is -2.55. The van der Waals surface area contributed by atoms with Crippen LogP contribution in [0.25, 0.3) is 0 Å². The molecule has 0 fully saturated rings. The first-order valence-electron chi connectivity index (χ1n) is 8.92. The Morgan fingerprint density at radius 1 is 1.29 bits per heavy atom. The summed E-state index contributed by atoms with van der Waals surface area (Å²) in [5.74, 6) is -1.95. The number of amides is 1. The van der Waals surface area contributed by atoms with E-state index in [0.29, 0.717) is 0 Å². The summed E-state index contributed by atoms with van der Waals surface area (Å²) in [6.07, 6.45) is -7.22. The molecule has 0 radical (unpaired) electrons. The summed E-state index contributed by atoms with van der Waals surface area (Å²) in [7, 11) is 0. The summed E-state index contributed by atoms with van der Waals surface area (Å²) in [5, 5.41) is 2.64. The van der Waals surface area contributed by atoms with Gasteiger partial charge in [-0.15, -0.1) is 0 Å². The third-order valence-electron chi connectivity index (χ3n) is 4.79. The number of carbonyl (C=O) groups is 1. The van der Waals surface area contributed by atoms with Crippen LogP contribution in [0, 0.1) is 5.82 Å². The van der Waals surface area contributed by atoms with Gasteiger partial charge in [0.05, 0.1) is 10.7 Å². The molecular weight excluding hydrogens is 442 g/mol. The van der Waals surface area contributed by atoms with Gasteiger partial charge in [-0.3, -0.25) is 9.79 Å². The van der Waals surface area contributed by atoms with Crippen molar-refractivity contribution < 1.29 is 27.1 Å². The third kappa shape index (κ3) is 4.42. The average Bonchev–Trinajstić information content (AvgIpc) is 2.65. The van der Waals surface area contributed by atoms with Crippen LogP contribution >= 0.6 is 11.6 Å². The number of nitrogen functional groups attached to an aromatic ring is 1. The minimum atomic E-state index is -4.86. The molecule has 0 saturated heterocycles. The SMILES string of the molecule is CC1OC(C(F)(F)F)C(C)(c2cc(NC(=O)c3ncc(Cl)cc3N)ccc2F)N=C1N. The zero-order valence-corrected chi connectivity index (χ0v) is 17.1. The summed E-state index contributed by atoms with van der Waals surface area (Å²) in [6.45, 7) is 2.38. The number of aliphatic imine (C=N–C) groups is 1. The highest BCUT2D eigenvalue weighted by atomic mass is 35.5. The number of pyridine rings is 1. The maximum Gasteiger partial charge on any atom is 0.417 e.